The number of aryl methyl sites for hydroxylation is 2. The maximum absolute atomic E-state index is 12.1. The number of carbonyl (C=O) groups is 2. The van der Waals surface area contributed by atoms with E-state index in [-0.39, 0.29) is 19.1 Å². The monoisotopic (exact) mass is 372 g/mol. The summed E-state index contributed by atoms with van der Waals surface area (Å²) in [7, 11) is 0. The third kappa shape index (κ3) is 4.20. The minimum Gasteiger partial charge on any atom is -0.467 e. The highest BCUT2D eigenvalue weighted by Crippen LogP contribution is 2.24. The van der Waals surface area contributed by atoms with Gasteiger partial charge in [0, 0.05) is 17.1 Å². The van der Waals surface area contributed by atoms with Crippen LogP contribution in [-0.4, -0.2) is 28.1 Å². The summed E-state index contributed by atoms with van der Waals surface area (Å²) in [6.45, 7) is 4.34. The zero-order chi connectivity index (χ0) is 18.5. The van der Waals surface area contributed by atoms with Crippen molar-refractivity contribution in [3.05, 3.63) is 64.0 Å². The van der Waals surface area contributed by atoms with Crippen LogP contribution in [0.1, 0.15) is 28.1 Å². The number of hydrogen-bond acceptors (Lipinski definition) is 5. The highest BCUT2D eigenvalue weighted by atomic mass is 32.1. The number of rotatable bonds is 6. The molecule has 7 nitrogen and oxygen atoms in total. The molecule has 0 unspecified atom stereocenters. The molecule has 1 atom stereocenters. The lowest BCUT2D eigenvalue weighted by atomic mass is 10.2. The highest BCUT2D eigenvalue weighted by molar-refractivity contribution is 7.10. The number of amides is 2. The van der Waals surface area contributed by atoms with Crippen molar-refractivity contribution in [3.63, 3.8) is 0 Å². The largest absolute Gasteiger partial charge is 0.467 e. The summed E-state index contributed by atoms with van der Waals surface area (Å²) in [6.07, 6.45) is 1.52. The molecule has 8 heteroatoms. The van der Waals surface area contributed by atoms with Gasteiger partial charge in [-0.2, -0.15) is 5.10 Å². The summed E-state index contributed by atoms with van der Waals surface area (Å²) in [4.78, 5) is 25.1. The maximum atomic E-state index is 12.1. The Morgan fingerprint density at radius 3 is 2.65 bits per heavy atom. The minimum absolute atomic E-state index is 0.162. The van der Waals surface area contributed by atoms with Crippen LogP contribution in [0.15, 0.2) is 46.4 Å². The second kappa shape index (κ2) is 8.01. The molecule has 0 aromatic carbocycles. The van der Waals surface area contributed by atoms with Crippen molar-refractivity contribution in [1.82, 2.24) is 20.4 Å². The summed E-state index contributed by atoms with van der Waals surface area (Å²) >= 11 is 1.59. The van der Waals surface area contributed by atoms with Gasteiger partial charge in [-0.15, -0.1) is 11.3 Å². The fourth-order valence-electron chi connectivity index (χ4n) is 2.68. The number of hydrogen-bond donors (Lipinski definition) is 2. The first-order valence-corrected chi connectivity index (χ1v) is 9.07. The molecule has 0 fully saturated rings. The summed E-state index contributed by atoms with van der Waals surface area (Å²) in [5.41, 5.74) is 1.91. The highest BCUT2D eigenvalue weighted by Gasteiger charge is 2.21. The van der Waals surface area contributed by atoms with Gasteiger partial charge in [-0.05, 0) is 43.5 Å². The van der Waals surface area contributed by atoms with Gasteiger partial charge in [0.05, 0.1) is 18.5 Å². The Labute approximate surface area is 155 Å². The van der Waals surface area contributed by atoms with Crippen molar-refractivity contribution in [1.29, 1.82) is 0 Å². The van der Waals surface area contributed by atoms with Gasteiger partial charge in [-0.3, -0.25) is 14.3 Å². The van der Waals surface area contributed by atoms with Gasteiger partial charge in [0.1, 0.15) is 11.8 Å². The second-order valence-electron chi connectivity index (χ2n) is 5.87. The van der Waals surface area contributed by atoms with Gasteiger partial charge < -0.3 is 15.1 Å². The number of thiophene rings is 1. The van der Waals surface area contributed by atoms with Gasteiger partial charge in [0.25, 0.3) is 0 Å². The van der Waals surface area contributed by atoms with Crippen LogP contribution in [0.4, 0.5) is 0 Å². The first kappa shape index (κ1) is 17.9. The van der Waals surface area contributed by atoms with Crippen LogP contribution >= 0.6 is 11.3 Å². The van der Waals surface area contributed by atoms with Gasteiger partial charge in [0.2, 0.25) is 0 Å². The Morgan fingerprint density at radius 2 is 2.04 bits per heavy atom. The Kier molecular flexibility index (Phi) is 5.52. The number of nitrogens with zero attached hydrogens (tertiary/aromatic N) is 2. The molecule has 0 aliphatic heterocycles. The second-order valence-corrected chi connectivity index (χ2v) is 6.85. The first-order valence-electron chi connectivity index (χ1n) is 8.19. The quantitative estimate of drug-likeness (QED) is 0.649. The predicted octanol–water partition coefficient (Wildman–Crippen LogP) is 2.18. The van der Waals surface area contributed by atoms with Crippen LogP contribution in [0.25, 0.3) is 0 Å². The number of furan rings is 1. The molecule has 0 aliphatic rings. The lowest BCUT2D eigenvalue weighted by Crippen LogP contribution is -2.42. The predicted molar refractivity (Wildman–Crippen MR) is 97.7 cm³/mol. The van der Waals surface area contributed by atoms with Crippen LogP contribution in [0.2, 0.25) is 0 Å². The van der Waals surface area contributed by atoms with E-state index < -0.39 is 11.8 Å². The van der Waals surface area contributed by atoms with Crippen LogP contribution in [0.5, 0.6) is 0 Å². The van der Waals surface area contributed by atoms with E-state index in [1.54, 1.807) is 23.5 Å². The molecule has 2 N–H and O–H groups in total. The standard InChI is InChI=1S/C18H20N4O3S/c1-12-9-13(2)22(21-12)15(16-6-4-8-26-16)11-20-18(24)17(23)19-10-14-5-3-7-25-14/h3-9,15H,10-11H2,1-2H3,(H,19,23)(H,20,24)/t15-/m0/s1. The molecular weight excluding hydrogens is 352 g/mol. The van der Waals surface area contributed by atoms with Crippen molar-refractivity contribution in [2.24, 2.45) is 0 Å². The number of nitrogens with one attached hydrogen (secondary N) is 2. The molecule has 0 aliphatic carbocycles. The third-order valence-corrected chi connectivity index (χ3v) is 4.85. The van der Waals surface area contributed by atoms with Crippen LogP contribution in [0, 0.1) is 13.8 Å². The summed E-state index contributed by atoms with van der Waals surface area (Å²) in [6, 6.07) is 9.23. The topological polar surface area (TPSA) is 89.2 Å². The molecule has 0 bridgehead atoms. The molecule has 0 saturated heterocycles. The van der Waals surface area contributed by atoms with Crippen LogP contribution in [0.3, 0.4) is 0 Å². The number of aromatic nitrogens is 2. The van der Waals surface area contributed by atoms with E-state index in [0.29, 0.717) is 5.76 Å². The molecule has 2 amide bonds. The third-order valence-electron chi connectivity index (χ3n) is 3.88. The van der Waals surface area contributed by atoms with E-state index >= 15 is 0 Å². The normalized spacial score (nSPS) is 11.9. The van der Waals surface area contributed by atoms with E-state index in [1.165, 1.54) is 6.26 Å². The molecular formula is C18H20N4O3S. The summed E-state index contributed by atoms with van der Waals surface area (Å²) in [5, 5.41) is 11.7. The molecule has 0 saturated carbocycles. The van der Waals surface area contributed by atoms with Gasteiger partial charge in [0.15, 0.2) is 0 Å². The van der Waals surface area contributed by atoms with E-state index in [0.717, 1.165) is 16.3 Å². The molecule has 136 valence electrons. The average Bonchev–Trinajstić information content (AvgIpc) is 3.36. The van der Waals surface area contributed by atoms with Gasteiger partial charge in [-0.25, -0.2) is 0 Å². The van der Waals surface area contributed by atoms with E-state index in [4.69, 9.17) is 4.42 Å². The zero-order valence-electron chi connectivity index (χ0n) is 14.6. The lowest BCUT2D eigenvalue weighted by molar-refractivity contribution is -0.139. The maximum Gasteiger partial charge on any atom is 0.309 e. The number of carbonyl (C=O) groups excluding carboxylic acids is 2. The van der Waals surface area contributed by atoms with Crippen LogP contribution in [-0.2, 0) is 16.1 Å². The van der Waals surface area contributed by atoms with Crippen molar-refractivity contribution >= 4 is 23.2 Å². The Bertz CT molecular complexity index is 869. The van der Waals surface area contributed by atoms with E-state index in [2.05, 4.69) is 15.7 Å². The Morgan fingerprint density at radius 1 is 1.23 bits per heavy atom. The molecule has 26 heavy (non-hydrogen) atoms. The first-order chi connectivity index (χ1) is 12.5. The Hall–Kier alpha value is -2.87. The van der Waals surface area contributed by atoms with E-state index in [1.807, 2.05) is 42.1 Å². The molecule has 0 radical (unpaired) electrons. The molecule has 3 aromatic rings. The van der Waals surface area contributed by atoms with Gasteiger partial charge in [-0.1, -0.05) is 6.07 Å². The van der Waals surface area contributed by atoms with Gasteiger partial charge >= 0.3 is 11.8 Å². The molecule has 3 heterocycles. The van der Waals surface area contributed by atoms with Crippen molar-refractivity contribution < 1.29 is 14.0 Å². The summed E-state index contributed by atoms with van der Waals surface area (Å²) in [5.74, 6) is -0.787. The van der Waals surface area contributed by atoms with Crippen molar-refractivity contribution in [2.45, 2.75) is 26.4 Å². The van der Waals surface area contributed by atoms with Crippen molar-refractivity contribution in [3.8, 4) is 0 Å². The molecule has 3 rings (SSSR count). The van der Waals surface area contributed by atoms with Crippen molar-refractivity contribution in [2.75, 3.05) is 6.54 Å². The SMILES string of the molecule is Cc1cc(C)n([C@@H](CNC(=O)C(=O)NCc2ccco2)c2cccs2)n1. The zero-order valence-corrected chi connectivity index (χ0v) is 15.4. The molecule has 0 spiro atoms. The smallest absolute Gasteiger partial charge is 0.309 e. The fourth-order valence-corrected chi connectivity index (χ4v) is 3.49. The fraction of sp³-hybridized carbons (Fsp3) is 0.278. The summed E-state index contributed by atoms with van der Waals surface area (Å²) < 4.78 is 7.00. The minimum atomic E-state index is -0.695. The van der Waals surface area contributed by atoms with Crippen LogP contribution < -0.4 is 10.6 Å². The average molecular weight is 372 g/mol. The lowest BCUT2D eigenvalue weighted by Gasteiger charge is -2.18. The molecule has 3 aromatic heterocycles. The van der Waals surface area contributed by atoms with E-state index in [9.17, 15) is 9.59 Å². The Balaban J connectivity index is 1.63.